The quantitative estimate of drug-likeness (QED) is 0.495. The second-order valence-electron chi connectivity index (χ2n) is 6.56. The largest absolute Gasteiger partial charge is 0.452 e. The normalized spacial score (nSPS) is 20.0. The molecule has 0 saturated carbocycles. The molecule has 2 atom stereocenters. The summed E-state index contributed by atoms with van der Waals surface area (Å²) in [5.41, 5.74) is 0.430. The molecule has 1 N–H and O–H groups in total. The van der Waals surface area contributed by atoms with E-state index < -0.39 is 23.4 Å². The van der Waals surface area contributed by atoms with E-state index >= 15 is 0 Å². The Morgan fingerprint density at radius 2 is 1.96 bits per heavy atom. The highest BCUT2D eigenvalue weighted by Crippen LogP contribution is 2.33. The van der Waals surface area contributed by atoms with Gasteiger partial charge in [-0.3, -0.25) is 14.9 Å². The predicted molar refractivity (Wildman–Crippen MR) is 92.6 cm³/mol. The summed E-state index contributed by atoms with van der Waals surface area (Å²) in [6, 6.07) is 4.29. The monoisotopic (exact) mass is 349 g/mol. The van der Waals surface area contributed by atoms with Crippen LogP contribution in [0.3, 0.4) is 0 Å². The highest BCUT2D eigenvalue weighted by Gasteiger charge is 2.28. The molecule has 1 amide bonds. The molecule has 0 unspecified atom stereocenters. The van der Waals surface area contributed by atoms with E-state index in [4.69, 9.17) is 4.74 Å². The molecule has 136 valence electrons. The number of likely N-dealkylation sites (N-methyl/N-ethyl adjacent to an activating group) is 1. The number of rotatable bonds is 5. The van der Waals surface area contributed by atoms with Gasteiger partial charge in [0.1, 0.15) is 5.69 Å². The minimum Gasteiger partial charge on any atom is -0.452 e. The molecule has 0 spiro atoms. The molecule has 1 aliphatic rings. The Morgan fingerprint density at radius 1 is 1.32 bits per heavy atom. The molecular formula is C17H23N3O5. The predicted octanol–water partition coefficient (Wildman–Crippen LogP) is 1.98. The molecule has 0 aliphatic carbocycles. The van der Waals surface area contributed by atoms with E-state index in [1.54, 1.807) is 6.07 Å². The summed E-state index contributed by atoms with van der Waals surface area (Å²) in [5.74, 6) is -0.324. The van der Waals surface area contributed by atoms with E-state index in [9.17, 15) is 19.7 Å². The van der Waals surface area contributed by atoms with Crippen LogP contribution < -0.4 is 10.2 Å². The average molecular weight is 349 g/mol. The van der Waals surface area contributed by atoms with Crippen molar-refractivity contribution in [2.75, 3.05) is 31.6 Å². The van der Waals surface area contributed by atoms with Crippen molar-refractivity contribution in [1.82, 2.24) is 5.32 Å². The Balaban J connectivity index is 2.24. The van der Waals surface area contributed by atoms with E-state index in [-0.39, 0.29) is 11.3 Å². The molecule has 0 bridgehead atoms. The fourth-order valence-corrected chi connectivity index (χ4v) is 3.21. The maximum absolute atomic E-state index is 12.0. The van der Waals surface area contributed by atoms with Crippen LogP contribution in [0.15, 0.2) is 18.2 Å². The van der Waals surface area contributed by atoms with Crippen LogP contribution in [0.1, 0.15) is 30.6 Å². The second kappa shape index (κ2) is 7.96. The Bertz CT molecular complexity index is 666. The number of carbonyl (C=O) groups excluding carboxylic acids is 2. The SMILES string of the molecule is CNC(=O)COC(=O)c1ccc(N2C[C@H](C)C[C@H](C)C2)c([N+](=O)[O-])c1. The number of nitro groups is 1. The van der Waals surface area contributed by atoms with Crippen LogP contribution in [0.5, 0.6) is 0 Å². The van der Waals surface area contributed by atoms with Gasteiger partial charge in [0.2, 0.25) is 0 Å². The number of anilines is 1. The molecule has 1 heterocycles. The number of hydrogen-bond donors (Lipinski definition) is 1. The van der Waals surface area contributed by atoms with Gasteiger partial charge >= 0.3 is 5.97 Å². The van der Waals surface area contributed by atoms with Crippen molar-refractivity contribution in [1.29, 1.82) is 0 Å². The van der Waals surface area contributed by atoms with Crippen LogP contribution >= 0.6 is 0 Å². The Labute approximate surface area is 146 Å². The summed E-state index contributed by atoms with van der Waals surface area (Å²) >= 11 is 0. The van der Waals surface area contributed by atoms with Crippen molar-refractivity contribution in [2.45, 2.75) is 20.3 Å². The lowest BCUT2D eigenvalue weighted by Gasteiger charge is -2.36. The number of piperidine rings is 1. The average Bonchev–Trinajstić information content (AvgIpc) is 2.57. The van der Waals surface area contributed by atoms with Crippen LogP contribution in [-0.4, -0.2) is 43.5 Å². The van der Waals surface area contributed by atoms with Crippen molar-refractivity contribution >= 4 is 23.3 Å². The van der Waals surface area contributed by atoms with E-state index in [1.807, 2.05) is 4.90 Å². The number of esters is 1. The van der Waals surface area contributed by atoms with Gasteiger partial charge in [0, 0.05) is 26.2 Å². The standard InChI is InChI=1S/C17H23N3O5/c1-11-6-12(2)9-19(8-11)14-5-4-13(7-15(14)20(23)24)17(22)25-10-16(21)18-3/h4-5,7,11-12H,6,8-10H2,1-3H3,(H,18,21)/t11-,12+. The van der Waals surface area contributed by atoms with Gasteiger partial charge in [0.15, 0.2) is 6.61 Å². The third kappa shape index (κ3) is 4.68. The Hall–Kier alpha value is -2.64. The molecule has 8 nitrogen and oxygen atoms in total. The highest BCUT2D eigenvalue weighted by atomic mass is 16.6. The molecule has 1 aromatic carbocycles. The van der Waals surface area contributed by atoms with Gasteiger partial charge in [0.05, 0.1) is 10.5 Å². The molecule has 2 rings (SSSR count). The molecule has 0 aromatic heterocycles. The first-order valence-corrected chi connectivity index (χ1v) is 8.23. The fraction of sp³-hybridized carbons (Fsp3) is 0.529. The van der Waals surface area contributed by atoms with Crippen molar-refractivity contribution in [3.8, 4) is 0 Å². The number of hydrogen-bond acceptors (Lipinski definition) is 6. The van der Waals surface area contributed by atoms with Crippen LogP contribution in [0.25, 0.3) is 0 Å². The molecule has 1 fully saturated rings. The van der Waals surface area contributed by atoms with Gasteiger partial charge in [-0.05, 0) is 30.4 Å². The number of benzene rings is 1. The maximum Gasteiger partial charge on any atom is 0.338 e. The van der Waals surface area contributed by atoms with Crippen LogP contribution in [0, 0.1) is 22.0 Å². The molecule has 8 heteroatoms. The lowest BCUT2D eigenvalue weighted by Crippen LogP contribution is -2.39. The van der Waals surface area contributed by atoms with Gasteiger partial charge in [-0.2, -0.15) is 0 Å². The van der Waals surface area contributed by atoms with Crippen molar-refractivity contribution < 1.29 is 19.2 Å². The maximum atomic E-state index is 12.0. The van der Waals surface area contributed by atoms with Crippen LogP contribution in [0.2, 0.25) is 0 Å². The lowest BCUT2D eigenvalue weighted by atomic mass is 9.91. The van der Waals surface area contributed by atoms with Gasteiger partial charge < -0.3 is 15.0 Å². The zero-order valence-electron chi connectivity index (χ0n) is 14.7. The van der Waals surface area contributed by atoms with Gasteiger partial charge in [-0.25, -0.2) is 4.79 Å². The van der Waals surface area contributed by atoms with Crippen molar-refractivity contribution in [3.05, 3.63) is 33.9 Å². The lowest BCUT2D eigenvalue weighted by molar-refractivity contribution is -0.384. The second-order valence-corrected chi connectivity index (χ2v) is 6.56. The zero-order valence-corrected chi connectivity index (χ0v) is 14.7. The number of carbonyl (C=O) groups is 2. The van der Waals surface area contributed by atoms with E-state index in [0.717, 1.165) is 19.5 Å². The topological polar surface area (TPSA) is 102 Å². The Kier molecular flexibility index (Phi) is 5.95. The molecule has 1 aromatic rings. The summed E-state index contributed by atoms with van der Waals surface area (Å²) < 4.78 is 4.85. The summed E-state index contributed by atoms with van der Waals surface area (Å²) in [5, 5.41) is 13.8. The molecule has 1 aliphatic heterocycles. The van der Waals surface area contributed by atoms with Crippen LogP contribution in [-0.2, 0) is 9.53 Å². The fourth-order valence-electron chi connectivity index (χ4n) is 3.21. The Morgan fingerprint density at radius 3 is 2.52 bits per heavy atom. The van der Waals surface area contributed by atoms with Gasteiger partial charge in [-0.15, -0.1) is 0 Å². The number of nitrogens with one attached hydrogen (secondary N) is 1. The van der Waals surface area contributed by atoms with Gasteiger partial charge in [-0.1, -0.05) is 13.8 Å². The summed E-state index contributed by atoms with van der Waals surface area (Å²) in [4.78, 5) is 36.1. The van der Waals surface area contributed by atoms with E-state index in [2.05, 4.69) is 19.2 Å². The first kappa shape index (κ1) is 18.7. The smallest absolute Gasteiger partial charge is 0.338 e. The van der Waals surface area contributed by atoms with Crippen LogP contribution in [0.4, 0.5) is 11.4 Å². The van der Waals surface area contributed by atoms with E-state index in [0.29, 0.717) is 17.5 Å². The number of nitro benzene ring substituents is 1. The molecular weight excluding hydrogens is 326 g/mol. The molecule has 1 saturated heterocycles. The number of nitrogens with zero attached hydrogens (tertiary/aromatic N) is 2. The summed E-state index contributed by atoms with van der Waals surface area (Å²) in [6.07, 6.45) is 1.09. The van der Waals surface area contributed by atoms with Crippen molar-refractivity contribution in [2.24, 2.45) is 11.8 Å². The minimum absolute atomic E-state index is 0.0532. The third-order valence-corrected chi connectivity index (χ3v) is 4.23. The summed E-state index contributed by atoms with van der Waals surface area (Å²) in [7, 11) is 1.43. The zero-order chi connectivity index (χ0) is 18.6. The number of ether oxygens (including phenoxy) is 1. The van der Waals surface area contributed by atoms with Gasteiger partial charge in [0.25, 0.3) is 11.6 Å². The summed E-state index contributed by atoms with van der Waals surface area (Å²) in [6.45, 7) is 5.31. The number of amides is 1. The molecule has 25 heavy (non-hydrogen) atoms. The minimum atomic E-state index is -0.765. The molecule has 0 radical (unpaired) electrons. The van der Waals surface area contributed by atoms with E-state index in [1.165, 1.54) is 19.2 Å². The highest BCUT2D eigenvalue weighted by molar-refractivity contribution is 5.93. The first-order chi connectivity index (χ1) is 11.8. The first-order valence-electron chi connectivity index (χ1n) is 8.23. The third-order valence-electron chi connectivity index (χ3n) is 4.23. The van der Waals surface area contributed by atoms with Crippen molar-refractivity contribution in [3.63, 3.8) is 0 Å².